The Bertz CT molecular complexity index is 1360. The summed E-state index contributed by atoms with van der Waals surface area (Å²) in [4.78, 5) is 47.6. The van der Waals surface area contributed by atoms with Crippen LogP contribution in [0.1, 0.15) is 33.1 Å². The second kappa shape index (κ2) is 11.4. The number of rotatable bonds is 11. The lowest BCUT2D eigenvalue weighted by Gasteiger charge is -2.39. The molecule has 2 aromatic carbocycles. The molecule has 6 atom stereocenters. The third-order valence-corrected chi connectivity index (χ3v) is 9.01. The van der Waals surface area contributed by atoms with Crippen LogP contribution in [0.2, 0.25) is 0 Å². The minimum Gasteiger partial charge on any atom is -0.394 e. The smallest absolute Gasteiger partial charge is 0.253 e. The fourth-order valence-corrected chi connectivity index (χ4v) is 7.35. The van der Waals surface area contributed by atoms with Crippen LogP contribution in [-0.2, 0) is 19.1 Å². The molecule has 2 aromatic rings. The van der Waals surface area contributed by atoms with Crippen LogP contribution >= 0.6 is 0 Å². The Balaban J connectivity index is 1.61. The van der Waals surface area contributed by atoms with Gasteiger partial charge in [0, 0.05) is 25.8 Å². The van der Waals surface area contributed by atoms with Gasteiger partial charge in [-0.1, -0.05) is 56.3 Å². The Kier molecular flexibility index (Phi) is 8.08. The van der Waals surface area contributed by atoms with Gasteiger partial charge in [0.2, 0.25) is 11.8 Å². The maximum atomic E-state index is 14.8. The number of fused-ring (bicyclic) bond motifs is 2. The molecule has 5 rings (SSSR count). The number of hydrogen-bond acceptors (Lipinski definition) is 5. The molecule has 8 nitrogen and oxygen atoms in total. The highest BCUT2D eigenvalue weighted by Gasteiger charge is 2.75. The van der Waals surface area contributed by atoms with E-state index in [9.17, 15) is 19.5 Å². The summed E-state index contributed by atoms with van der Waals surface area (Å²) in [6.07, 6.45) is 4.49. The van der Waals surface area contributed by atoms with E-state index in [1.165, 1.54) is 0 Å². The number of benzene rings is 2. The van der Waals surface area contributed by atoms with Crippen LogP contribution in [0.25, 0.3) is 10.8 Å². The van der Waals surface area contributed by atoms with Crippen LogP contribution in [0.15, 0.2) is 67.8 Å². The highest BCUT2D eigenvalue weighted by molar-refractivity contribution is 6.06. The number of amides is 3. The van der Waals surface area contributed by atoms with Crippen molar-refractivity contribution in [1.82, 2.24) is 9.80 Å². The Morgan fingerprint density at radius 2 is 1.83 bits per heavy atom. The lowest BCUT2D eigenvalue weighted by Crippen LogP contribution is -2.59. The first-order chi connectivity index (χ1) is 19.7. The average molecular weight is 560 g/mol. The zero-order valence-electron chi connectivity index (χ0n) is 24.2. The largest absolute Gasteiger partial charge is 0.394 e. The van der Waals surface area contributed by atoms with Gasteiger partial charge in [-0.15, -0.1) is 13.2 Å². The molecule has 1 N–H and O–H groups in total. The topological polar surface area (TPSA) is 90.4 Å². The summed E-state index contributed by atoms with van der Waals surface area (Å²) < 4.78 is 6.62. The summed E-state index contributed by atoms with van der Waals surface area (Å²) >= 11 is 0. The molecule has 8 heteroatoms. The van der Waals surface area contributed by atoms with Gasteiger partial charge in [0.1, 0.15) is 11.6 Å². The SMILES string of the molecule is C=CCN(C)C(=O)[C@@H]1[C@@H]2CCC3(O2)C(C(=O)N(CC=C)c2ccc4ccccc4c2)N([C@@H](CO)CC(C)C)C(=O)[C@H]13. The second-order valence-corrected chi connectivity index (χ2v) is 12.0. The van der Waals surface area contributed by atoms with Gasteiger partial charge in [-0.2, -0.15) is 0 Å². The molecule has 0 saturated carbocycles. The summed E-state index contributed by atoms with van der Waals surface area (Å²) in [7, 11) is 1.70. The molecular formula is C33H41N3O5. The molecule has 3 aliphatic heterocycles. The van der Waals surface area contributed by atoms with E-state index in [2.05, 4.69) is 13.2 Å². The number of carbonyl (C=O) groups excluding carboxylic acids is 3. The number of nitrogens with zero attached hydrogens (tertiary/aromatic N) is 3. The van der Waals surface area contributed by atoms with E-state index in [0.717, 1.165) is 10.8 Å². The molecule has 3 saturated heterocycles. The fourth-order valence-electron chi connectivity index (χ4n) is 7.35. The maximum Gasteiger partial charge on any atom is 0.253 e. The van der Waals surface area contributed by atoms with Crippen LogP contribution in [0.4, 0.5) is 5.69 Å². The number of aliphatic hydroxyl groups excluding tert-OH is 1. The van der Waals surface area contributed by atoms with Crippen molar-refractivity contribution in [3.8, 4) is 0 Å². The number of anilines is 1. The predicted molar refractivity (Wildman–Crippen MR) is 159 cm³/mol. The molecule has 41 heavy (non-hydrogen) atoms. The van der Waals surface area contributed by atoms with E-state index in [4.69, 9.17) is 4.74 Å². The van der Waals surface area contributed by atoms with Crippen LogP contribution in [0.5, 0.6) is 0 Å². The summed E-state index contributed by atoms with van der Waals surface area (Å²) in [5.74, 6) is -2.05. The Morgan fingerprint density at radius 3 is 2.49 bits per heavy atom. The van der Waals surface area contributed by atoms with Gasteiger partial charge in [0.05, 0.1) is 30.6 Å². The van der Waals surface area contributed by atoms with Gasteiger partial charge in [0.15, 0.2) is 0 Å². The maximum absolute atomic E-state index is 14.8. The number of likely N-dealkylation sites (N-methyl/N-ethyl adjacent to an activating group) is 1. The molecule has 3 fully saturated rings. The molecule has 0 radical (unpaired) electrons. The van der Waals surface area contributed by atoms with Crippen LogP contribution < -0.4 is 4.90 Å². The zero-order valence-corrected chi connectivity index (χ0v) is 24.2. The standard InChI is InChI=1S/C33H41N3O5/c1-6-16-34(5)30(38)27-26-14-15-33(41-26)28(27)31(39)36(25(20-37)18-21(3)4)29(33)32(40)35(17-7-2)24-13-12-22-10-8-9-11-23(22)19-24/h6-13,19,21,25-29,37H,1-2,14-18,20H2,3-5H3/t25-,26+,27-,28+,29?,33?/m1/s1. The van der Waals surface area contributed by atoms with Crippen LogP contribution in [0.3, 0.4) is 0 Å². The quantitative estimate of drug-likeness (QED) is 0.423. The molecule has 3 amide bonds. The van der Waals surface area contributed by atoms with E-state index in [1.54, 1.807) is 33.9 Å². The van der Waals surface area contributed by atoms with Crippen LogP contribution in [-0.4, -0.2) is 83.2 Å². The van der Waals surface area contributed by atoms with E-state index in [1.807, 2.05) is 56.3 Å². The van der Waals surface area contributed by atoms with Crippen molar-refractivity contribution in [2.24, 2.45) is 17.8 Å². The highest BCUT2D eigenvalue weighted by atomic mass is 16.5. The first kappa shape index (κ1) is 29.0. The highest BCUT2D eigenvalue weighted by Crippen LogP contribution is 2.59. The van der Waals surface area contributed by atoms with Crippen molar-refractivity contribution in [1.29, 1.82) is 0 Å². The Hall–Kier alpha value is -3.49. The third-order valence-electron chi connectivity index (χ3n) is 9.01. The Morgan fingerprint density at radius 1 is 1.12 bits per heavy atom. The number of likely N-dealkylation sites (tertiary alicyclic amines) is 1. The number of ether oxygens (including phenoxy) is 1. The van der Waals surface area contributed by atoms with E-state index < -0.39 is 35.6 Å². The normalized spacial score (nSPS) is 27.2. The Labute approximate surface area is 242 Å². The van der Waals surface area contributed by atoms with Gasteiger partial charge in [-0.25, -0.2) is 0 Å². The number of carbonyl (C=O) groups is 3. The van der Waals surface area contributed by atoms with Gasteiger partial charge < -0.3 is 24.5 Å². The second-order valence-electron chi connectivity index (χ2n) is 12.0. The van der Waals surface area contributed by atoms with Crippen molar-refractivity contribution in [2.45, 2.75) is 56.9 Å². The average Bonchev–Trinajstić information content (AvgIpc) is 3.61. The van der Waals surface area contributed by atoms with Crippen LogP contribution in [0, 0.1) is 17.8 Å². The molecule has 3 aliphatic rings. The predicted octanol–water partition coefficient (Wildman–Crippen LogP) is 3.78. The van der Waals surface area contributed by atoms with Gasteiger partial charge in [0.25, 0.3) is 5.91 Å². The number of aliphatic hydroxyl groups is 1. The number of hydrogen-bond donors (Lipinski definition) is 1. The lowest BCUT2D eigenvalue weighted by molar-refractivity contribution is -0.147. The van der Waals surface area contributed by atoms with Crippen molar-refractivity contribution < 1.29 is 24.2 Å². The molecular weight excluding hydrogens is 518 g/mol. The molecule has 0 aliphatic carbocycles. The summed E-state index contributed by atoms with van der Waals surface area (Å²) in [6, 6.07) is 12.2. The fraction of sp³-hybridized carbons (Fsp3) is 0.485. The summed E-state index contributed by atoms with van der Waals surface area (Å²) in [5, 5.41) is 12.6. The minimum atomic E-state index is -1.14. The monoisotopic (exact) mass is 559 g/mol. The summed E-state index contributed by atoms with van der Waals surface area (Å²) in [5.41, 5.74) is -0.453. The van der Waals surface area contributed by atoms with E-state index in [-0.39, 0.29) is 36.8 Å². The van der Waals surface area contributed by atoms with Gasteiger partial charge in [-0.3, -0.25) is 14.4 Å². The van der Waals surface area contributed by atoms with Crippen molar-refractivity contribution in [3.63, 3.8) is 0 Å². The molecule has 2 unspecified atom stereocenters. The zero-order chi connectivity index (χ0) is 29.5. The van der Waals surface area contributed by atoms with E-state index >= 15 is 0 Å². The third kappa shape index (κ3) is 4.77. The van der Waals surface area contributed by atoms with Gasteiger partial charge in [-0.05, 0) is 48.1 Å². The molecule has 3 heterocycles. The molecule has 218 valence electrons. The van der Waals surface area contributed by atoms with Crippen molar-refractivity contribution >= 4 is 34.2 Å². The molecule has 0 aromatic heterocycles. The first-order valence-corrected chi connectivity index (χ1v) is 14.6. The minimum absolute atomic E-state index is 0.173. The van der Waals surface area contributed by atoms with Gasteiger partial charge >= 0.3 is 0 Å². The first-order valence-electron chi connectivity index (χ1n) is 14.6. The van der Waals surface area contributed by atoms with Crippen molar-refractivity contribution in [3.05, 3.63) is 67.8 Å². The lowest BCUT2D eigenvalue weighted by atomic mass is 9.70. The molecule has 1 spiro atoms. The molecule has 2 bridgehead atoms. The van der Waals surface area contributed by atoms with Crippen molar-refractivity contribution in [2.75, 3.05) is 31.6 Å². The summed E-state index contributed by atoms with van der Waals surface area (Å²) in [6.45, 7) is 12.0. The van der Waals surface area contributed by atoms with E-state index in [0.29, 0.717) is 31.5 Å².